The summed E-state index contributed by atoms with van der Waals surface area (Å²) in [4.78, 5) is 20.5. The van der Waals surface area contributed by atoms with Crippen LogP contribution in [-0.4, -0.2) is 41.7 Å². The topological polar surface area (TPSA) is 111 Å². The van der Waals surface area contributed by atoms with Crippen LogP contribution >= 0.6 is 0 Å². The number of amides is 1. The highest BCUT2D eigenvalue weighted by atomic mass is 16.5. The number of aromatic nitrogens is 2. The van der Waals surface area contributed by atoms with Gasteiger partial charge >= 0.3 is 0 Å². The highest BCUT2D eigenvalue weighted by molar-refractivity contribution is 5.94. The summed E-state index contributed by atoms with van der Waals surface area (Å²) in [6.07, 6.45) is 7.09. The summed E-state index contributed by atoms with van der Waals surface area (Å²) in [6.45, 7) is 0.707. The van der Waals surface area contributed by atoms with Gasteiger partial charge in [-0.25, -0.2) is 4.98 Å². The van der Waals surface area contributed by atoms with Crippen molar-refractivity contribution in [3.8, 4) is 11.5 Å². The molecule has 0 radical (unpaired) electrons. The van der Waals surface area contributed by atoms with E-state index in [0.29, 0.717) is 30.1 Å². The van der Waals surface area contributed by atoms with Gasteiger partial charge in [-0.15, -0.1) is 0 Å². The number of pyridine rings is 2. The molecule has 8 heteroatoms. The smallest absolute Gasteiger partial charge is 0.263 e. The number of nitrogens with zero attached hydrogens (tertiary/aromatic N) is 2. The lowest BCUT2D eigenvalue weighted by Crippen LogP contribution is -2.39. The molecule has 2 aromatic heterocycles. The number of hydrogen-bond donors (Lipinski definition) is 3. The molecular weight excluding hydrogens is 430 g/mol. The first-order valence-corrected chi connectivity index (χ1v) is 11.9. The summed E-state index contributed by atoms with van der Waals surface area (Å²) < 4.78 is 10.8. The molecule has 1 aromatic carbocycles. The van der Waals surface area contributed by atoms with Crippen LogP contribution in [0.25, 0.3) is 10.9 Å². The number of hydrogen-bond acceptors (Lipinski definition) is 7. The highest BCUT2D eigenvalue weighted by Crippen LogP contribution is 2.30. The molecular formula is C26H31N5O3. The van der Waals surface area contributed by atoms with Gasteiger partial charge in [-0.05, 0) is 80.0 Å². The zero-order chi connectivity index (χ0) is 23.5. The normalized spacial score (nSPS) is 20.8. The summed E-state index contributed by atoms with van der Waals surface area (Å²) in [7, 11) is 1.68. The van der Waals surface area contributed by atoms with Gasteiger partial charge in [0, 0.05) is 30.2 Å². The van der Waals surface area contributed by atoms with Crippen molar-refractivity contribution >= 4 is 22.6 Å². The van der Waals surface area contributed by atoms with Crippen LogP contribution in [0.15, 0.2) is 42.6 Å². The van der Waals surface area contributed by atoms with E-state index in [-0.39, 0.29) is 18.6 Å². The standard InChI is InChI=1S/C26H31N5O3/c1-33-20-7-8-23-21(13-20)17(10-11-28-23)12-22(27)16-2-4-18(5-3-16)29-14-19-6-9-24-26(30-19)31-25(32)15-34-24/h6-11,13,16,18,22,29H,2-5,12,14-15,27H2,1H3,(H,30,31,32)/t16-,18-,22?. The van der Waals surface area contributed by atoms with E-state index in [2.05, 4.69) is 32.7 Å². The maximum atomic E-state index is 11.5. The van der Waals surface area contributed by atoms with E-state index in [0.717, 1.165) is 54.5 Å². The van der Waals surface area contributed by atoms with Gasteiger partial charge < -0.3 is 25.8 Å². The molecule has 1 saturated carbocycles. The predicted molar refractivity (Wildman–Crippen MR) is 131 cm³/mol. The molecule has 0 saturated heterocycles. The molecule has 1 fully saturated rings. The molecule has 5 rings (SSSR count). The van der Waals surface area contributed by atoms with Crippen LogP contribution in [-0.2, 0) is 17.8 Å². The average molecular weight is 462 g/mol. The van der Waals surface area contributed by atoms with Gasteiger partial charge in [0.1, 0.15) is 5.75 Å². The fourth-order valence-electron chi connectivity index (χ4n) is 5.01. The Morgan fingerprint density at radius 2 is 2.06 bits per heavy atom. The first-order chi connectivity index (χ1) is 16.6. The van der Waals surface area contributed by atoms with Crippen LogP contribution < -0.4 is 25.8 Å². The van der Waals surface area contributed by atoms with Gasteiger partial charge in [0.05, 0.1) is 18.3 Å². The van der Waals surface area contributed by atoms with E-state index in [1.807, 2.05) is 30.5 Å². The Balaban J connectivity index is 1.14. The second kappa shape index (κ2) is 9.95. The number of nitrogens with one attached hydrogen (secondary N) is 2. The molecule has 4 N–H and O–H groups in total. The zero-order valence-electron chi connectivity index (χ0n) is 19.4. The summed E-state index contributed by atoms with van der Waals surface area (Å²) >= 11 is 0. The Kier molecular flexibility index (Phi) is 6.60. The Morgan fingerprint density at radius 3 is 2.88 bits per heavy atom. The summed E-state index contributed by atoms with van der Waals surface area (Å²) in [5.41, 5.74) is 9.79. The Bertz CT molecular complexity index is 1180. The van der Waals surface area contributed by atoms with Crippen LogP contribution in [0.5, 0.6) is 11.5 Å². The molecule has 1 amide bonds. The minimum atomic E-state index is -0.168. The van der Waals surface area contributed by atoms with Gasteiger partial charge in [-0.1, -0.05) is 0 Å². The largest absolute Gasteiger partial charge is 0.497 e. The molecule has 34 heavy (non-hydrogen) atoms. The number of fused-ring (bicyclic) bond motifs is 2. The third-order valence-electron chi connectivity index (χ3n) is 6.98. The van der Waals surface area contributed by atoms with E-state index in [9.17, 15) is 4.79 Å². The van der Waals surface area contributed by atoms with Crippen molar-refractivity contribution in [2.75, 3.05) is 19.0 Å². The monoisotopic (exact) mass is 461 g/mol. The van der Waals surface area contributed by atoms with Crippen LogP contribution in [0.1, 0.15) is 36.9 Å². The third-order valence-corrected chi connectivity index (χ3v) is 6.98. The number of rotatable bonds is 7. The predicted octanol–water partition coefficient (Wildman–Crippen LogP) is 3.19. The second-order valence-corrected chi connectivity index (χ2v) is 9.20. The van der Waals surface area contributed by atoms with Crippen LogP contribution in [0.3, 0.4) is 0 Å². The number of benzene rings is 1. The molecule has 178 valence electrons. The molecule has 0 spiro atoms. The molecule has 8 nitrogen and oxygen atoms in total. The average Bonchev–Trinajstić information content (AvgIpc) is 2.87. The van der Waals surface area contributed by atoms with Gasteiger partial charge in [-0.2, -0.15) is 0 Å². The van der Waals surface area contributed by atoms with Crippen LogP contribution in [0, 0.1) is 5.92 Å². The van der Waals surface area contributed by atoms with Gasteiger partial charge in [0.15, 0.2) is 18.2 Å². The van der Waals surface area contributed by atoms with Crippen molar-refractivity contribution < 1.29 is 14.3 Å². The van der Waals surface area contributed by atoms with E-state index in [1.165, 1.54) is 5.56 Å². The van der Waals surface area contributed by atoms with Gasteiger partial charge in [0.2, 0.25) is 0 Å². The first-order valence-electron chi connectivity index (χ1n) is 11.9. The number of nitrogens with two attached hydrogens (primary N) is 1. The van der Waals surface area contributed by atoms with Crippen LogP contribution in [0.4, 0.5) is 5.82 Å². The first kappa shape index (κ1) is 22.6. The van der Waals surface area contributed by atoms with Gasteiger partial charge in [-0.3, -0.25) is 9.78 Å². The SMILES string of the molecule is COc1ccc2nccc(CC(N)[C@H]3CC[C@H](NCc4ccc5c(n4)NC(=O)CO5)CC3)c2c1. The lowest BCUT2D eigenvalue weighted by Gasteiger charge is -2.33. The quantitative estimate of drug-likeness (QED) is 0.495. The molecule has 1 atom stereocenters. The number of anilines is 1. The summed E-state index contributed by atoms with van der Waals surface area (Å²) in [5.74, 6) is 2.30. The highest BCUT2D eigenvalue weighted by Gasteiger charge is 2.26. The Morgan fingerprint density at radius 1 is 1.21 bits per heavy atom. The van der Waals surface area contributed by atoms with Crippen molar-refractivity contribution in [1.82, 2.24) is 15.3 Å². The minimum absolute atomic E-state index is 0.0449. The number of methoxy groups -OCH3 is 1. The fourth-order valence-corrected chi connectivity index (χ4v) is 5.01. The molecule has 1 aliphatic carbocycles. The number of carbonyl (C=O) groups is 1. The molecule has 3 heterocycles. The third kappa shape index (κ3) is 4.98. The van der Waals surface area contributed by atoms with Crippen molar-refractivity contribution in [1.29, 1.82) is 0 Å². The van der Waals surface area contributed by atoms with E-state index < -0.39 is 0 Å². The second-order valence-electron chi connectivity index (χ2n) is 9.20. The maximum Gasteiger partial charge on any atom is 0.263 e. The zero-order valence-corrected chi connectivity index (χ0v) is 19.4. The summed E-state index contributed by atoms with van der Waals surface area (Å²) in [6, 6.07) is 12.4. The Hall–Kier alpha value is -3.23. The summed E-state index contributed by atoms with van der Waals surface area (Å²) in [5, 5.41) is 7.51. The van der Waals surface area contributed by atoms with Gasteiger partial charge in [0.25, 0.3) is 5.91 Å². The minimum Gasteiger partial charge on any atom is -0.497 e. The van der Waals surface area contributed by atoms with Crippen molar-refractivity contribution in [2.24, 2.45) is 11.7 Å². The fraction of sp³-hybridized carbons (Fsp3) is 0.423. The molecule has 3 aromatic rings. The molecule has 2 aliphatic rings. The molecule has 1 aliphatic heterocycles. The van der Waals surface area contributed by atoms with E-state index in [4.69, 9.17) is 15.2 Å². The van der Waals surface area contributed by atoms with Crippen molar-refractivity contribution in [3.63, 3.8) is 0 Å². The van der Waals surface area contributed by atoms with E-state index in [1.54, 1.807) is 7.11 Å². The lowest BCUT2D eigenvalue weighted by atomic mass is 9.79. The number of carbonyl (C=O) groups excluding carboxylic acids is 1. The molecule has 0 bridgehead atoms. The van der Waals surface area contributed by atoms with Crippen molar-refractivity contribution in [2.45, 2.75) is 50.7 Å². The van der Waals surface area contributed by atoms with E-state index >= 15 is 0 Å². The van der Waals surface area contributed by atoms with Crippen LogP contribution in [0.2, 0.25) is 0 Å². The van der Waals surface area contributed by atoms with Crippen molar-refractivity contribution in [3.05, 3.63) is 53.9 Å². The Labute approximate surface area is 199 Å². The molecule has 1 unspecified atom stereocenters. The maximum absolute atomic E-state index is 11.5. The lowest BCUT2D eigenvalue weighted by molar-refractivity contribution is -0.118. The number of ether oxygens (including phenoxy) is 2.